The summed E-state index contributed by atoms with van der Waals surface area (Å²) in [6.45, 7) is 14.0. The molecule has 0 fully saturated rings. The number of hydrogen-bond acceptors (Lipinski definition) is 15. The van der Waals surface area contributed by atoms with Crippen molar-refractivity contribution in [2.45, 2.75) is 343 Å². The molecule has 0 bridgehead atoms. The van der Waals surface area contributed by atoms with Crippen molar-refractivity contribution in [1.82, 2.24) is 0 Å². The first kappa shape index (κ1) is 84.1. The number of aliphatic hydroxyl groups is 1. The molecule has 0 radical (unpaired) electrons. The number of ether oxygens (including phenoxy) is 4. The second-order valence-corrected chi connectivity index (χ2v) is 28.8. The first-order valence-corrected chi connectivity index (χ1v) is 37.7. The van der Waals surface area contributed by atoms with Crippen LogP contribution in [0.3, 0.4) is 0 Å². The van der Waals surface area contributed by atoms with Crippen LogP contribution in [0.15, 0.2) is 0 Å². The fourth-order valence-corrected chi connectivity index (χ4v) is 11.5. The smallest absolute Gasteiger partial charge is 0.462 e. The van der Waals surface area contributed by atoms with Crippen LogP contribution in [0.5, 0.6) is 0 Å². The lowest BCUT2D eigenvalue weighted by molar-refractivity contribution is -0.161. The van der Waals surface area contributed by atoms with E-state index < -0.39 is 97.5 Å². The third-order valence-electron chi connectivity index (χ3n) is 15.7. The fraction of sp³-hybridized carbons (Fsp3) is 0.940. The van der Waals surface area contributed by atoms with Gasteiger partial charge in [-0.3, -0.25) is 37.3 Å². The van der Waals surface area contributed by atoms with Gasteiger partial charge in [-0.2, -0.15) is 0 Å². The highest BCUT2D eigenvalue weighted by Crippen LogP contribution is 2.45. The highest BCUT2D eigenvalue weighted by atomic mass is 31.2. The van der Waals surface area contributed by atoms with E-state index in [1.54, 1.807) is 0 Å². The van der Waals surface area contributed by atoms with Crippen LogP contribution in [0.4, 0.5) is 0 Å². The Hall–Kier alpha value is -1.94. The average molecular weight is 1270 g/mol. The number of hydrogen-bond donors (Lipinski definition) is 3. The van der Waals surface area contributed by atoms with E-state index >= 15 is 0 Å². The lowest BCUT2D eigenvalue weighted by atomic mass is 9.99. The van der Waals surface area contributed by atoms with Gasteiger partial charge in [0.2, 0.25) is 0 Å². The van der Waals surface area contributed by atoms with Gasteiger partial charge in [0.05, 0.1) is 26.4 Å². The number of rotatable bonds is 64. The van der Waals surface area contributed by atoms with Gasteiger partial charge in [0.1, 0.15) is 19.3 Å². The van der Waals surface area contributed by atoms with E-state index in [9.17, 15) is 43.2 Å². The third kappa shape index (κ3) is 59.7. The first-order chi connectivity index (χ1) is 41.1. The summed E-state index contributed by atoms with van der Waals surface area (Å²) < 4.78 is 68.1. The number of carbonyl (C=O) groups is 4. The Morgan fingerprint density at radius 2 is 0.558 bits per heavy atom. The Labute approximate surface area is 524 Å². The van der Waals surface area contributed by atoms with Crippen LogP contribution in [-0.4, -0.2) is 96.7 Å². The predicted octanol–water partition coefficient (Wildman–Crippen LogP) is 18.5. The molecular weight excluding hydrogens is 1140 g/mol. The Kier molecular flexibility index (Phi) is 55.7. The summed E-state index contributed by atoms with van der Waals surface area (Å²) >= 11 is 0. The largest absolute Gasteiger partial charge is 0.472 e. The molecule has 0 aromatic carbocycles. The third-order valence-corrected chi connectivity index (χ3v) is 17.6. The van der Waals surface area contributed by atoms with E-state index in [1.165, 1.54) is 122 Å². The van der Waals surface area contributed by atoms with E-state index in [4.69, 9.17) is 37.0 Å². The zero-order chi connectivity index (χ0) is 63.9. The fourth-order valence-electron chi connectivity index (χ4n) is 9.93. The summed E-state index contributed by atoms with van der Waals surface area (Å²) in [4.78, 5) is 72.4. The van der Waals surface area contributed by atoms with Gasteiger partial charge in [0, 0.05) is 25.7 Å². The number of carbonyl (C=O) groups excluding carboxylic acids is 4. The molecule has 0 rings (SSSR count). The molecule has 0 aromatic heterocycles. The molecular formula is C67H130O17P2. The molecule has 0 aromatic rings. The Bertz CT molecular complexity index is 1720. The molecule has 19 heteroatoms. The number of unbranched alkanes of at least 4 members (excludes halogenated alkanes) is 29. The SMILES string of the molecule is CCC(C)CCCCCCCCCCC(=O)O[C@H](COC(=O)CCCCCCCCCC(C)C)COP(=O)(O)OCC(O)COP(=O)(O)OC[C@@H](COC(=O)CCCCCCCCCCC(C)C)OC(=O)CCCCCCCCCCCCC(C)C. The molecule has 0 spiro atoms. The highest BCUT2D eigenvalue weighted by Gasteiger charge is 2.30. The maximum Gasteiger partial charge on any atom is 0.472 e. The summed E-state index contributed by atoms with van der Waals surface area (Å²) in [6, 6.07) is 0. The standard InChI is InChI=1S/C67H130O17P2/c1-9-60(8)46-38-30-22-15-17-25-34-42-50-67(72)84-63(54-78-65(70)48-40-32-26-18-21-29-37-45-59(6)7)56-82-86(75,76)80-52-61(68)51-79-85(73,74)81-55-62(53-77-64(69)47-39-31-23-16-14-20-28-36-44-58(4)5)83-66(71)49-41-33-24-13-11-10-12-19-27-35-43-57(2)3/h57-63,68H,9-56H2,1-8H3,(H,73,74)(H,75,76)/t60?,61?,62-,63-/m1/s1. The normalized spacial score (nSPS) is 14.7. The van der Waals surface area contributed by atoms with E-state index in [0.29, 0.717) is 31.6 Å². The number of phosphoric acid groups is 2. The topological polar surface area (TPSA) is 237 Å². The van der Waals surface area contributed by atoms with Crippen molar-refractivity contribution in [3.05, 3.63) is 0 Å². The Balaban J connectivity index is 5.27. The molecule has 17 nitrogen and oxygen atoms in total. The zero-order valence-corrected chi connectivity index (χ0v) is 57.7. The van der Waals surface area contributed by atoms with Crippen molar-refractivity contribution in [3.63, 3.8) is 0 Å². The summed E-state index contributed by atoms with van der Waals surface area (Å²) in [6.07, 6.45) is 37.6. The van der Waals surface area contributed by atoms with Crippen LogP contribution >= 0.6 is 15.6 Å². The average Bonchev–Trinajstić information content (AvgIpc) is 3.63. The summed E-state index contributed by atoms with van der Waals surface area (Å²) in [5, 5.41) is 10.6. The van der Waals surface area contributed by atoms with Crippen LogP contribution in [-0.2, 0) is 65.4 Å². The first-order valence-electron chi connectivity index (χ1n) is 34.7. The molecule has 0 heterocycles. The van der Waals surface area contributed by atoms with Crippen molar-refractivity contribution < 1.29 is 80.2 Å². The lowest BCUT2D eigenvalue weighted by Crippen LogP contribution is -2.30. The molecule has 510 valence electrons. The van der Waals surface area contributed by atoms with E-state index in [0.717, 1.165) is 114 Å². The van der Waals surface area contributed by atoms with Gasteiger partial charge in [-0.25, -0.2) is 9.13 Å². The van der Waals surface area contributed by atoms with E-state index in [2.05, 4.69) is 55.4 Å². The van der Waals surface area contributed by atoms with Gasteiger partial charge in [-0.15, -0.1) is 0 Å². The molecule has 6 atom stereocenters. The molecule has 0 amide bonds. The second-order valence-electron chi connectivity index (χ2n) is 25.9. The maximum atomic E-state index is 13.0. The van der Waals surface area contributed by atoms with Crippen LogP contribution in [0, 0.1) is 23.7 Å². The van der Waals surface area contributed by atoms with Gasteiger partial charge in [0.15, 0.2) is 12.2 Å². The van der Waals surface area contributed by atoms with Gasteiger partial charge >= 0.3 is 39.5 Å². The van der Waals surface area contributed by atoms with Crippen molar-refractivity contribution in [2.24, 2.45) is 23.7 Å². The Morgan fingerprint density at radius 1 is 0.326 bits per heavy atom. The second kappa shape index (κ2) is 57.0. The van der Waals surface area contributed by atoms with E-state index in [1.807, 2.05) is 0 Å². The molecule has 0 aliphatic rings. The zero-order valence-electron chi connectivity index (χ0n) is 55.9. The number of esters is 4. The Morgan fingerprint density at radius 3 is 0.826 bits per heavy atom. The minimum Gasteiger partial charge on any atom is -0.462 e. The number of aliphatic hydroxyl groups excluding tert-OH is 1. The molecule has 0 aliphatic heterocycles. The van der Waals surface area contributed by atoms with Crippen molar-refractivity contribution in [1.29, 1.82) is 0 Å². The molecule has 4 unspecified atom stereocenters. The highest BCUT2D eigenvalue weighted by molar-refractivity contribution is 7.47. The van der Waals surface area contributed by atoms with Crippen molar-refractivity contribution >= 4 is 39.5 Å². The minimum absolute atomic E-state index is 0.103. The minimum atomic E-state index is -4.95. The lowest BCUT2D eigenvalue weighted by Gasteiger charge is -2.21. The van der Waals surface area contributed by atoms with Crippen molar-refractivity contribution in [2.75, 3.05) is 39.6 Å². The maximum absolute atomic E-state index is 13.0. The molecule has 86 heavy (non-hydrogen) atoms. The summed E-state index contributed by atoms with van der Waals surface area (Å²) in [5.74, 6) is 0.817. The van der Waals surface area contributed by atoms with Crippen LogP contribution in [0.1, 0.15) is 325 Å². The van der Waals surface area contributed by atoms with Gasteiger partial charge in [0.25, 0.3) is 0 Å². The number of phosphoric ester groups is 2. The monoisotopic (exact) mass is 1270 g/mol. The van der Waals surface area contributed by atoms with Crippen molar-refractivity contribution in [3.8, 4) is 0 Å². The summed E-state index contributed by atoms with van der Waals surface area (Å²) in [5.41, 5.74) is 0. The van der Waals surface area contributed by atoms with E-state index in [-0.39, 0.29) is 25.7 Å². The van der Waals surface area contributed by atoms with Crippen LogP contribution in [0.2, 0.25) is 0 Å². The van der Waals surface area contributed by atoms with Gasteiger partial charge in [-0.05, 0) is 49.4 Å². The molecule has 0 aliphatic carbocycles. The van der Waals surface area contributed by atoms with Gasteiger partial charge in [-0.1, -0.05) is 274 Å². The molecule has 0 saturated carbocycles. The summed E-state index contributed by atoms with van der Waals surface area (Å²) in [7, 11) is -9.90. The molecule has 0 saturated heterocycles. The quantitative estimate of drug-likeness (QED) is 0.0222. The predicted molar refractivity (Wildman–Crippen MR) is 344 cm³/mol. The van der Waals surface area contributed by atoms with Crippen LogP contribution in [0.25, 0.3) is 0 Å². The van der Waals surface area contributed by atoms with Crippen LogP contribution < -0.4 is 0 Å². The van der Waals surface area contributed by atoms with Gasteiger partial charge < -0.3 is 33.8 Å². The molecule has 3 N–H and O–H groups in total.